The van der Waals surface area contributed by atoms with Crippen molar-refractivity contribution >= 4 is 15.7 Å². The minimum absolute atomic E-state index is 0.335. The van der Waals surface area contributed by atoms with Gasteiger partial charge in [0.2, 0.25) is 10.0 Å². The van der Waals surface area contributed by atoms with Crippen molar-refractivity contribution in [1.82, 2.24) is 4.72 Å². The van der Waals surface area contributed by atoms with Crippen LogP contribution in [-0.2, 0) is 10.0 Å². The molecule has 1 aromatic rings. The van der Waals surface area contributed by atoms with Gasteiger partial charge in [0.25, 0.3) is 12.1 Å². The lowest BCUT2D eigenvalue weighted by Gasteiger charge is -2.07. The molecule has 0 aromatic heterocycles. The van der Waals surface area contributed by atoms with Gasteiger partial charge in [-0.3, -0.25) is 10.1 Å². The lowest BCUT2D eigenvalue weighted by atomic mass is 10.2. The van der Waals surface area contributed by atoms with Gasteiger partial charge >= 0.3 is 0 Å². The summed E-state index contributed by atoms with van der Waals surface area (Å²) < 4.78 is 61.8. The number of hydrogen-bond donors (Lipinski definition) is 1. The molecule has 0 saturated heterocycles. The van der Waals surface area contributed by atoms with Crippen molar-refractivity contribution in [1.29, 1.82) is 0 Å². The number of nitro benzene ring substituents is 1. The van der Waals surface area contributed by atoms with Crippen LogP contribution in [0.4, 0.5) is 18.9 Å². The Morgan fingerprint density at radius 1 is 1.42 bits per heavy atom. The standard InChI is InChI=1S/C9H9F3N2O4S/c1-5-7(10)2-6(3-8(5)14(15)16)19(17,18)13-4-9(11)12/h2-3,9,13H,4H2,1H3. The van der Waals surface area contributed by atoms with E-state index in [1.54, 1.807) is 0 Å². The highest BCUT2D eigenvalue weighted by Gasteiger charge is 2.23. The van der Waals surface area contributed by atoms with E-state index in [1.807, 2.05) is 0 Å². The Morgan fingerprint density at radius 2 is 2.00 bits per heavy atom. The molecule has 0 amide bonds. The quantitative estimate of drug-likeness (QED) is 0.660. The van der Waals surface area contributed by atoms with Crippen molar-refractivity contribution in [2.45, 2.75) is 18.2 Å². The summed E-state index contributed by atoms with van der Waals surface area (Å²) in [5, 5.41) is 10.6. The second kappa shape index (κ2) is 5.53. The largest absolute Gasteiger partial charge is 0.276 e. The van der Waals surface area contributed by atoms with Crippen LogP contribution in [0, 0.1) is 22.9 Å². The second-order valence-corrected chi connectivity index (χ2v) is 5.32. The van der Waals surface area contributed by atoms with Crippen molar-refractivity contribution in [2.75, 3.05) is 6.54 Å². The zero-order valence-electron chi connectivity index (χ0n) is 9.56. The molecule has 0 spiro atoms. The Hall–Kier alpha value is -1.68. The molecule has 0 unspecified atom stereocenters. The molecule has 0 heterocycles. The highest BCUT2D eigenvalue weighted by molar-refractivity contribution is 7.89. The molecule has 1 N–H and O–H groups in total. The lowest BCUT2D eigenvalue weighted by molar-refractivity contribution is -0.385. The van der Waals surface area contributed by atoms with Crippen LogP contribution in [0.5, 0.6) is 0 Å². The van der Waals surface area contributed by atoms with Gasteiger partial charge in [0.1, 0.15) is 5.82 Å². The molecule has 0 atom stereocenters. The molecule has 1 rings (SSSR count). The summed E-state index contributed by atoms with van der Waals surface area (Å²) >= 11 is 0. The van der Waals surface area contributed by atoms with Crippen molar-refractivity contribution in [3.63, 3.8) is 0 Å². The van der Waals surface area contributed by atoms with Crippen molar-refractivity contribution in [3.05, 3.63) is 33.6 Å². The third-order valence-electron chi connectivity index (χ3n) is 2.23. The zero-order chi connectivity index (χ0) is 14.8. The Balaban J connectivity index is 3.25. The predicted octanol–water partition coefficient (Wildman–Crippen LogP) is 1.59. The number of alkyl halides is 2. The molecule has 0 radical (unpaired) electrons. The summed E-state index contributed by atoms with van der Waals surface area (Å²) in [6.07, 6.45) is -2.93. The van der Waals surface area contributed by atoms with E-state index in [9.17, 15) is 31.7 Å². The van der Waals surface area contributed by atoms with E-state index in [0.717, 1.165) is 6.92 Å². The molecule has 0 saturated carbocycles. The van der Waals surface area contributed by atoms with Crippen LogP contribution < -0.4 is 4.72 Å². The first-order chi connectivity index (χ1) is 8.65. The Labute approximate surface area is 106 Å². The van der Waals surface area contributed by atoms with E-state index in [-0.39, 0.29) is 5.56 Å². The Bertz CT molecular complexity index is 604. The van der Waals surface area contributed by atoms with Gasteiger partial charge in [0, 0.05) is 6.07 Å². The number of sulfonamides is 1. The summed E-state index contributed by atoms with van der Waals surface area (Å²) in [7, 11) is -4.43. The molecule has 6 nitrogen and oxygen atoms in total. The van der Waals surface area contributed by atoms with Crippen LogP contribution in [-0.4, -0.2) is 26.3 Å². The smallest absolute Gasteiger partial charge is 0.258 e. The normalized spacial score (nSPS) is 11.8. The minimum Gasteiger partial charge on any atom is -0.258 e. The molecule has 0 aliphatic heterocycles. The zero-order valence-corrected chi connectivity index (χ0v) is 10.4. The number of rotatable bonds is 5. The molecule has 106 valence electrons. The predicted molar refractivity (Wildman–Crippen MR) is 59.0 cm³/mol. The van der Waals surface area contributed by atoms with Crippen LogP contribution in [0.1, 0.15) is 5.56 Å². The van der Waals surface area contributed by atoms with Gasteiger partial charge < -0.3 is 0 Å². The maximum absolute atomic E-state index is 13.4. The van der Waals surface area contributed by atoms with Gasteiger partial charge in [-0.2, -0.15) is 0 Å². The minimum atomic E-state index is -4.43. The van der Waals surface area contributed by atoms with Crippen molar-refractivity contribution in [3.8, 4) is 0 Å². The van der Waals surface area contributed by atoms with E-state index < -0.39 is 44.3 Å². The molecular weight excluding hydrogens is 289 g/mol. The first-order valence-corrected chi connectivity index (χ1v) is 6.36. The van der Waals surface area contributed by atoms with Crippen molar-refractivity contribution < 1.29 is 26.5 Å². The summed E-state index contributed by atoms with van der Waals surface area (Å²) in [6, 6.07) is 1.16. The fourth-order valence-corrected chi connectivity index (χ4v) is 2.28. The van der Waals surface area contributed by atoms with E-state index in [0.29, 0.717) is 12.1 Å². The van der Waals surface area contributed by atoms with E-state index in [4.69, 9.17) is 0 Å². The molecule has 0 fully saturated rings. The van der Waals surface area contributed by atoms with Crippen LogP contribution >= 0.6 is 0 Å². The third-order valence-corrected chi connectivity index (χ3v) is 3.63. The number of nitro groups is 1. The van der Waals surface area contributed by atoms with Crippen LogP contribution in [0.2, 0.25) is 0 Å². The third kappa shape index (κ3) is 3.64. The molecule has 19 heavy (non-hydrogen) atoms. The Kier molecular flexibility index (Phi) is 4.48. The summed E-state index contributed by atoms with van der Waals surface area (Å²) in [6.45, 7) is -0.0535. The van der Waals surface area contributed by atoms with Gasteiger partial charge in [-0.15, -0.1) is 0 Å². The number of nitrogens with zero attached hydrogens (tertiary/aromatic N) is 1. The number of hydrogen-bond acceptors (Lipinski definition) is 4. The van der Waals surface area contributed by atoms with E-state index >= 15 is 0 Å². The SMILES string of the molecule is Cc1c(F)cc(S(=O)(=O)NCC(F)F)cc1[N+](=O)[O-]. The molecule has 0 aliphatic carbocycles. The van der Waals surface area contributed by atoms with Gasteiger partial charge in [0.15, 0.2) is 0 Å². The number of nitrogens with one attached hydrogen (secondary N) is 1. The molecule has 0 aliphatic rings. The van der Waals surface area contributed by atoms with E-state index in [1.165, 1.54) is 4.72 Å². The van der Waals surface area contributed by atoms with Gasteiger partial charge in [-0.1, -0.05) is 0 Å². The highest BCUT2D eigenvalue weighted by Crippen LogP contribution is 2.25. The summed E-state index contributed by atoms with van der Waals surface area (Å²) in [4.78, 5) is 8.89. The number of halogens is 3. The maximum atomic E-state index is 13.4. The fraction of sp³-hybridized carbons (Fsp3) is 0.333. The average molecular weight is 298 g/mol. The highest BCUT2D eigenvalue weighted by atomic mass is 32.2. The van der Waals surface area contributed by atoms with Gasteiger partial charge in [0.05, 0.1) is 21.9 Å². The first kappa shape index (κ1) is 15.4. The average Bonchev–Trinajstić information content (AvgIpc) is 2.29. The molecular formula is C9H9F3N2O4S. The Morgan fingerprint density at radius 3 is 2.47 bits per heavy atom. The topological polar surface area (TPSA) is 89.3 Å². The van der Waals surface area contributed by atoms with Gasteiger partial charge in [-0.05, 0) is 13.0 Å². The molecule has 1 aromatic carbocycles. The fourth-order valence-electron chi connectivity index (χ4n) is 1.24. The first-order valence-electron chi connectivity index (χ1n) is 4.87. The van der Waals surface area contributed by atoms with Crippen LogP contribution in [0.25, 0.3) is 0 Å². The monoisotopic (exact) mass is 298 g/mol. The molecule has 0 bridgehead atoms. The lowest BCUT2D eigenvalue weighted by Crippen LogP contribution is -2.28. The van der Waals surface area contributed by atoms with Crippen molar-refractivity contribution in [2.24, 2.45) is 0 Å². The van der Waals surface area contributed by atoms with Gasteiger partial charge in [-0.25, -0.2) is 26.3 Å². The number of benzene rings is 1. The van der Waals surface area contributed by atoms with Crippen LogP contribution in [0.15, 0.2) is 17.0 Å². The summed E-state index contributed by atoms with van der Waals surface area (Å²) in [5.74, 6) is -1.10. The van der Waals surface area contributed by atoms with E-state index in [2.05, 4.69) is 0 Å². The second-order valence-electron chi connectivity index (χ2n) is 3.55. The summed E-state index contributed by atoms with van der Waals surface area (Å²) in [5.41, 5.74) is -1.07. The van der Waals surface area contributed by atoms with Crippen LogP contribution in [0.3, 0.4) is 0 Å². The maximum Gasteiger partial charge on any atom is 0.276 e. The molecule has 10 heteroatoms.